The van der Waals surface area contributed by atoms with E-state index < -0.39 is 0 Å². The molecule has 2 aromatic heterocycles. The van der Waals surface area contributed by atoms with Crippen molar-refractivity contribution in [2.75, 3.05) is 6.54 Å². The molecule has 0 saturated carbocycles. The average molecular weight is 322 g/mol. The number of nitrogens with zero attached hydrogens (tertiary/aromatic N) is 3. The highest BCUT2D eigenvalue weighted by Crippen LogP contribution is 2.23. The molecule has 1 amide bonds. The van der Waals surface area contributed by atoms with Crippen LogP contribution in [0.25, 0.3) is 10.9 Å². The number of aryl methyl sites for hydroxylation is 1. The molecule has 0 spiro atoms. The van der Waals surface area contributed by atoms with Crippen LogP contribution in [0.2, 0.25) is 0 Å². The number of rotatable bonds is 3. The summed E-state index contributed by atoms with van der Waals surface area (Å²) >= 11 is 0. The van der Waals surface area contributed by atoms with Crippen LogP contribution in [0.1, 0.15) is 35.3 Å². The van der Waals surface area contributed by atoms with Crippen LogP contribution in [0.15, 0.2) is 42.7 Å². The standard InChI is InChI=1S/C19H22N4O/c1-14-11-20-22(12-14)13-16-7-4-5-9-23(16)19(24)18-10-15-6-2-3-8-17(15)21-18/h2-3,6,8,10-12,16,21H,4-5,7,9,13H2,1H3/t16-/m0/s1. The lowest BCUT2D eigenvalue weighted by Crippen LogP contribution is -2.46. The minimum Gasteiger partial charge on any atom is -0.351 e. The van der Waals surface area contributed by atoms with Gasteiger partial charge in [0.1, 0.15) is 5.69 Å². The summed E-state index contributed by atoms with van der Waals surface area (Å²) in [5.41, 5.74) is 2.84. The second-order valence-electron chi connectivity index (χ2n) is 6.66. The summed E-state index contributed by atoms with van der Waals surface area (Å²) in [6.07, 6.45) is 7.18. The fraction of sp³-hybridized carbons (Fsp3) is 0.368. The molecule has 1 fully saturated rings. The molecule has 1 N–H and O–H groups in total. The van der Waals surface area contributed by atoms with E-state index in [4.69, 9.17) is 0 Å². The molecule has 0 aliphatic carbocycles. The van der Waals surface area contributed by atoms with E-state index in [1.807, 2.05) is 59.2 Å². The first-order chi connectivity index (χ1) is 11.7. The molecular weight excluding hydrogens is 300 g/mol. The number of amides is 1. The Hall–Kier alpha value is -2.56. The minimum atomic E-state index is 0.0970. The smallest absolute Gasteiger partial charge is 0.270 e. The molecule has 3 heterocycles. The van der Waals surface area contributed by atoms with Gasteiger partial charge in [-0.05, 0) is 43.9 Å². The van der Waals surface area contributed by atoms with E-state index in [9.17, 15) is 4.79 Å². The highest BCUT2D eigenvalue weighted by molar-refractivity contribution is 5.98. The van der Waals surface area contributed by atoms with Gasteiger partial charge in [0.05, 0.1) is 18.8 Å². The molecule has 1 aromatic carbocycles. The van der Waals surface area contributed by atoms with Gasteiger partial charge < -0.3 is 9.88 Å². The number of aromatic amines is 1. The Morgan fingerprint density at radius 2 is 2.21 bits per heavy atom. The predicted molar refractivity (Wildman–Crippen MR) is 93.9 cm³/mol. The average Bonchev–Trinajstić information content (AvgIpc) is 3.20. The quantitative estimate of drug-likeness (QED) is 0.804. The lowest BCUT2D eigenvalue weighted by Gasteiger charge is -2.35. The first-order valence-corrected chi connectivity index (χ1v) is 8.58. The number of piperidine rings is 1. The molecule has 5 heteroatoms. The summed E-state index contributed by atoms with van der Waals surface area (Å²) in [6.45, 7) is 3.62. The van der Waals surface area contributed by atoms with Crippen LogP contribution < -0.4 is 0 Å². The third-order valence-electron chi connectivity index (χ3n) is 4.81. The van der Waals surface area contributed by atoms with Crippen molar-refractivity contribution in [3.8, 4) is 0 Å². The number of para-hydroxylation sites is 1. The van der Waals surface area contributed by atoms with Crippen LogP contribution in [0.4, 0.5) is 0 Å². The largest absolute Gasteiger partial charge is 0.351 e. The number of nitrogens with one attached hydrogen (secondary N) is 1. The van der Waals surface area contributed by atoms with E-state index in [-0.39, 0.29) is 11.9 Å². The van der Waals surface area contributed by atoms with Gasteiger partial charge in [-0.1, -0.05) is 18.2 Å². The van der Waals surface area contributed by atoms with Crippen molar-refractivity contribution >= 4 is 16.8 Å². The molecule has 4 rings (SSSR count). The number of carbonyl (C=O) groups excluding carboxylic acids is 1. The summed E-state index contributed by atoms with van der Waals surface area (Å²) in [4.78, 5) is 18.3. The third kappa shape index (κ3) is 2.82. The van der Waals surface area contributed by atoms with Gasteiger partial charge in [0.2, 0.25) is 0 Å². The van der Waals surface area contributed by atoms with Gasteiger partial charge >= 0.3 is 0 Å². The molecule has 1 saturated heterocycles. The Bertz CT molecular complexity index is 830. The van der Waals surface area contributed by atoms with Gasteiger partial charge in [-0.15, -0.1) is 0 Å². The number of H-pyrrole nitrogens is 1. The summed E-state index contributed by atoms with van der Waals surface area (Å²) in [5.74, 6) is 0.0970. The molecular formula is C19H22N4O. The van der Waals surface area contributed by atoms with Crippen LogP contribution in [-0.2, 0) is 6.54 Å². The number of hydrogen-bond donors (Lipinski definition) is 1. The Kier molecular flexibility index (Phi) is 3.84. The summed E-state index contributed by atoms with van der Waals surface area (Å²) in [6, 6.07) is 10.2. The van der Waals surface area contributed by atoms with Crippen LogP contribution in [-0.4, -0.2) is 38.2 Å². The normalized spacial score (nSPS) is 18.2. The maximum absolute atomic E-state index is 13.0. The number of benzene rings is 1. The van der Waals surface area contributed by atoms with Crippen LogP contribution >= 0.6 is 0 Å². The minimum absolute atomic E-state index is 0.0970. The highest BCUT2D eigenvalue weighted by atomic mass is 16.2. The molecule has 3 aromatic rings. The van der Waals surface area contributed by atoms with Crippen molar-refractivity contribution < 1.29 is 4.79 Å². The van der Waals surface area contributed by atoms with E-state index in [0.717, 1.165) is 42.4 Å². The van der Waals surface area contributed by atoms with Crippen molar-refractivity contribution in [1.29, 1.82) is 0 Å². The Labute approximate surface area is 141 Å². The van der Waals surface area contributed by atoms with Crippen molar-refractivity contribution in [3.63, 3.8) is 0 Å². The van der Waals surface area contributed by atoms with E-state index in [0.29, 0.717) is 5.69 Å². The summed E-state index contributed by atoms with van der Waals surface area (Å²) < 4.78 is 1.96. The zero-order chi connectivity index (χ0) is 16.5. The molecule has 0 bridgehead atoms. The predicted octanol–water partition coefficient (Wildman–Crippen LogP) is 3.37. The van der Waals surface area contributed by atoms with Crippen molar-refractivity contribution in [3.05, 3.63) is 54.0 Å². The molecule has 1 aliphatic heterocycles. The zero-order valence-electron chi connectivity index (χ0n) is 13.9. The van der Waals surface area contributed by atoms with Crippen molar-refractivity contribution in [1.82, 2.24) is 19.7 Å². The van der Waals surface area contributed by atoms with Gasteiger partial charge in [0.15, 0.2) is 0 Å². The van der Waals surface area contributed by atoms with Crippen molar-refractivity contribution in [2.45, 2.75) is 38.8 Å². The maximum atomic E-state index is 13.0. The fourth-order valence-electron chi connectivity index (χ4n) is 3.58. The SMILES string of the molecule is Cc1cnn(C[C@@H]2CCCCN2C(=O)c2cc3ccccc3[nH]2)c1. The number of likely N-dealkylation sites (tertiary alicyclic amines) is 1. The van der Waals surface area contributed by atoms with Gasteiger partial charge in [0.25, 0.3) is 5.91 Å². The van der Waals surface area contributed by atoms with Gasteiger partial charge in [0, 0.05) is 23.6 Å². The summed E-state index contributed by atoms with van der Waals surface area (Å²) in [7, 11) is 0. The molecule has 1 atom stereocenters. The van der Waals surface area contributed by atoms with Crippen LogP contribution in [0, 0.1) is 6.92 Å². The highest BCUT2D eigenvalue weighted by Gasteiger charge is 2.28. The van der Waals surface area contributed by atoms with E-state index >= 15 is 0 Å². The second kappa shape index (κ2) is 6.15. The molecule has 124 valence electrons. The summed E-state index contributed by atoms with van der Waals surface area (Å²) in [5, 5.41) is 5.46. The number of hydrogen-bond acceptors (Lipinski definition) is 2. The molecule has 0 unspecified atom stereocenters. The van der Waals surface area contributed by atoms with E-state index in [1.165, 1.54) is 6.42 Å². The molecule has 1 aliphatic rings. The van der Waals surface area contributed by atoms with Gasteiger partial charge in [-0.3, -0.25) is 9.48 Å². The van der Waals surface area contributed by atoms with Gasteiger partial charge in [-0.2, -0.15) is 5.10 Å². The van der Waals surface area contributed by atoms with Gasteiger partial charge in [-0.25, -0.2) is 0 Å². The monoisotopic (exact) mass is 322 g/mol. The maximum Gasteiger partial charge on any atom is 0.270 e. The van der Waals surface area contributed by atoms with Crippen LogP contribution in [0.3, 0.4) is 0 Å². The Morgan fingerprint density at radius 3 is 3.00 bits per heavy atom. The topological polar surface area (TPSA) is 53.9 Å². The molecule has 0 radical (unpaired) electrons. The van der Waals surface area contributed by atoms with Crippen LogP contribution in [0.5, 0.6) is 0 Å². The fourth-order valence-corrected chi connectivity index (χ4v) is 3.58. The molecule has 24 heavy (non-hydrogen) atoms. The second-order valence-corrected chi connectivity index (χ2v) is 6.66. The lowest BCUT2D eigenvalue weighted by atomic mass is 10.0. The number of carbonyl (C=O) groups is 1. The first-order valence-electron chi connectivity index (χ1n) is 8.58. The molecule has 5 nitrogen and oxygen atoms in total. The van der Waals surface area contributed by atoms with E-state index in [1.54, 1.807) is 0 Å². The number of aromatic nitrogens is 3. The first kappa shape index (κ1) is 15.0. The zero-order valence-corrected chi connectivity index (χ0v) is 13.9. The third-order valence-corrected chi connectivity index (χ3v) is 4.81. The van der Waals surface area contributed by atoms with E-state index in [2.05, 4.69) is 10.1 Å². The Balaban J connectivity index is 1.58. The number of fused-ring (bicyclic) bond motifs is 1. The van der Waals surface area contributed by atoms with Crippen molar-refractivity contribution in [2.24, 2.45) is 0 Å². The Morgan fingerprint density at radius 1 is 1.33 bits per heavy atom. The lowest BCUT2D eigenvalue weighted by molar-refractivity contribution is 0.0579.